The molecule has 0 aromatic heterocycles. The first-order valence-electron chi connectivity index (χ1n) is 11.0. The molecule has 0 atom stereocenters. The quantitative estimate of drug-likeness (QED) is 0.496. The fourth-order valence-electron chi connectivity index (χ4n) is 3.90. The van der Waals surface area contributed by atoms with Gasteiger partial charge in [-0.3, -0.25) is 9.59 Å². The van der Waals surface area contributed by atoms with Crippen LogP contribution in [0.1, 0.15) is 21.5 Å². The van der Waals surface area contributed by atoms with Crippen molar-refractivity contribution < 1.29 is 23.1 Å². The molecule has 1 aliphatic heterocycles. The number of nitrogens with zero attached hydrogens (tertiary/aromatic N) is 1. The van der Waals surface area contributed by atoms with Crippen molar-refractivity contribution in [2.45, 2.75) is 19.5 Å². The molecule has 1 heterocycles. The van der Waals surface area contributed by atoms with E-state index in [1.54, 1.807) is 35.2 Å². The Morgan fingerprint density at radius 3 is 2.59 bits per heavy atom. The van der Waals surface area contributed by atoms with Gasteiger partial charge in [-0.15, -0.1) is 0 Å². The maximum absolute atomic E-state index is 13.0. The fraction of sp³-hybridized carbons (Fsp3) is 0.231. The number of anilines is 2. The molecule has 1 aliphatic rings. The minimum atomic E-state index is -2.85. The second-order valence-electron chi connectivity index (χ2n) is 7.89. The number of rotatable bonds is 9. The zero-order valence-corrected chi connectivity index (χ0v) is 18.5. The van der Waals surface area contributed by atoms with E-state index in [1.165, 1.54) is 17.7 Å². The van der Waals surface area contributed by atoms with Crippen LogP contribution in [0.4, 0.5) is 20.2 Å². The lowest BCUT2D eigenvalue weighted by molar-refractivity contribution is -0.119. The zero-order valence-electron chi connectivity index (χ0n) is 18.5. The molecule has 0 radical (unpaired) electrons. The van der Waals surface area contributed by atoms with E-state index in [2.05, 4.69) is 15.4 Å². The molecule has 8 heteroatoms. The van der Waals surface area contributed by atoms with Gasteiger partial charge in [-0.1, -0.05) is 36.4 Å². The van der Waals surface area contributed by atoms with Gasteiger partial charge < -0.3 is 20.3 Å². The zero-order chi connectivity index (χ0) is 23.9. The van der Waals surface area contributed by atoms with E-state index in [-0.39, 0.29) is 24.1 Å². The summed E-state index contributed by atoms with van der Waals surface area (Å²) in [6, 6.07) is 21.3. The summed E-state index contributed by atoms with van der Waals surface area (Å²) in [5.74, 6) is -0.160. The van der Waals surface area contributed by atoms with Crippen LogP contribution in [0.5, 0.6) is 5.75 Å². The third kappa shape index (κ3) is 5.89. The summed E-state index contributed by atoms with van der Waals surface area (Å²) in [4.78, 5) is 27.0. The number of benzene rings is 3. The van der Waals surface area contributed by atoms with Crippen LogP contribution in [0.15, 0.2) is 72.8 Å². The van der Waals surface area contributed by atoms with Crippen LogP contribution in [0.3, 0.4) is 0 Å². The monoisotopic (exact) mass is 465 g/mol. The molecule has 6 nitrogen and oxygen atoms in total. The summed E-state index contributed by atoms with van der Waals surface area (Å²) in [5, 5.41) is 5.87. The molecular formula is C26H25F2N3O3. The standard InChI is InChI=1S/C26H25F2N3O3/c27-26(28)34-22-10-8-18(9-11-22)12-14-29-24(32)17-30-21-6-3-5-20(16-21)25(33)31-15-13-19-4-1-2-7-23(19)31/h1-11,16,26,30H,12-15,17H2,(H,29,32). The lowest BCUT2D eigenvalue weighted by Gasteiger charge is -2.18. The first-order chi connectivity index (χ1) is 16.5. The normalized spacial score (nSPS) is 12.4. The summed E-state index contributed by atoms with van der Waals surface area (Å²) < 4.78 is 28.7. The molecule has 0 fully saturated rings. The van der Waals surface area contributed by atoms with E-state index in [4.69, 9.17) is 0 Å². The van der Waals surface area contributed by atoms with E-state index < -0.39 is 6.61 Å². The van der Waals surface area contributed by atoms with Crippen molar-refractivity contribution in [3.05, 3.63) is 89.5 Å². The first-order valence-corrected chi connectivity index (χ1v) is 11.0. The van der Waals surface area contributed by atoms with Crippen LogP contribution >= 0.6 is 0 Å². The van der Waals surface area contributed by atoms with E-state index in [0.717, 1.165) is 17.7 Å². The van der Waals surface area contributed by atoms with Crippen molar-refractivity contribution in [3.63, 3.8) is 0 Å². The molecule has 0 saturated heterocycles. The molecule has 0 saturated carbocycles. The molecule has 3 aromatic carbocycles. The summed E-state index contributed by atoms with van der Waals surface area (Å²) in [7, 11) is 0. The number of para-hydroxylation sites is 1. The van der Waals surface area contributed by atoms with E-state index >= 15 is 0 Å². The predicted molar refractivity (Wildman–Crippen MR) is 127 cm³/mol. The molecule has 0 aliphatic carbocycles. The number of alkyl halides is 2. The van der Waals surface area contributed by atoms with Crippen molar-refractivity contribution in [1.82, 2.24) is 5.32 Å². The van der Waals surface area contributed by atoms with Crippen molar-refractivity contribution >= 4 is 23.2 Å². The highest BCUT2D eigenvalue weighted by Crippen LogP contribution is 2.29. The van der Waals surface area contributed by atoms with Crippen LogP contribution in [0.25, 0.3) is 0 Å². The maximum Gasteiger partial charge on any atom is 0.387 e. The minimum absolute atomic E-state index is 0.0609. The molecule has 2 amide bonds. The van der Waals surface area contributed by atoms with E-state index in [9.17, 15) is 18.4 Å². The van der Waals surface area contributed by atoms with Crippen molar-refractivity contribution in [2.75, 3.05) is 29.9 Å². The highest BCUT2D eigenvalue weighted by Gasteiger charge is 2.25. The van der Waals surface area contributed by atoms with Crippen LogP contribution in [-0.2, 0) is 17.6 Å². The summed E-state index contributed by atoms with van der Waals surface area (Å²) >= 11 is 0. The van der Waals surface area contributed by atoms with Gasteiger partial charge in [0.15, 0.2) is 0 Å². The number of hydrogen-bond acceptors (Lipinski definition) is 4. The maximum atomic E-state index is 13.0. The number of fused-ring (bicyclic) bond motifs is 1. The van der Waals surface area contributed by atoms with Gasteiger partial charge >= 0.3 is 6.61 Å². The van der Waals surface area contributed by atoms with Crippen molar-refractivity contribution in [3.8, 4) is 5.75 Å². The van der Waals surface area contributed by atoms with Gasteiger partial charge in [-0.05, 0) is 60.4 Å². The number of carbonyl (C=O) groups is 2. The summed E-state index contributed by atoms with van der Waals surface area (Å²) in [6.45, 7) is -1.73. The third-order valence-electron chi connectivity index (χ3n) is 5.58. The minimum Gasteiger partial charge on any atom is -0.435 e. The first kappa shape index (κ1) is 23.2. The number of halogens is 2. The number of amides is 2. The third-order valence-corrected chi connectivity index (χ3v) is 5.58. The van der Waals surface area contributed by atoms with Gasteiger partial charge in [-0.2, -0.15) is 8.78 Å². The molecule has 4 rings (SSSR count). The second kappa shape index (κ2) is 10.8. The van der Waals surface area contributed by atoms with Crippen LogP contribution < -0.4 is 20.3 Å². The topological polar surface area (TPSA) is 70.7 Å². The molecule has 3 aromatic rings. The van der Waals surface area contributed by atoms with E-state index in [1.807, 2.05) is 30.3 Å². The Labute approximate surface area is 196 Å². The summed E-state index contributed by atoms with van der Waals surface area (Å²) in [6.07, 6.45) is 1.40. The molecule has 176 valence electrons. The van der Waals surface area contributed by atoms with Gasteiger partial charge in [0.05, 0.1) is 6.54 Å². The molecule has 0 unspecified atom stereocenters. The molecular weight excluding hydrogens is 440 g/mol. The predicted octanol–water partition coefficient (Wildman–Crippen LogP) is 4.26. The Balaban J connectivity index is 1.24. The Bertz CT molecular complexity index is 1150. The molecule has 2 N–H and O–H groups in total. The Morgan fingerprint density at radius 1 is 1.00 bits per heavy atom. The highest BCUT2D eigenvalue weighted by molar-refractivity contribution is 6.07. The average molecular weight is 466 g/mol. The smallest absolute Gasteiger partial charge is 0.387 e. The largest absolute Gasteiger partial charge is 0.435 e. The number of ether oxygens (including phenoxy) is 1. The highest BCUT2D eigenvalue weighted by atomic mass is 19.3. The van der Waals surface area contributed by atoms with Gasteiger partial charge in [0.1, 0.15) is 5.75 Å². The Kier molecular flexibility index (Phi) is 7.37. The lowest BCUT2D eigenvalue weighted by Crippen LogP contribution is -2.31. The van der Waals surface area contributed by atoms with Crippen molar-refractivity contribution in [1.29, 1.82) is 0 Å². The van der Waals surface area contributed by atoms with Crippen LogP contribution in [-0.4, -0.2) is 38.1 Å². The van der Waals surface area contributed by atoms with Crippen molar-refractivity contribution in [2.24, 2.45) is 0 Å². The van der Waals surface area contributed by atoms with Crippen LogP contribution in [0.2, 0.25) is 0 Å². The number of hydrogen-bond donors (Lipinski definition) is 2. The van der Waals surface area contributed by atoms with Gasteiger partial charge in [0, 0.05) is 30.0 Å². The lowest BCUT2D eigenvalue weighted by atomic mass is 10.1. The molecule has 0 spiro atoms. The SMILES string of the molecule is O=C(CNc1cccc(C(=O)N2CCc3ccccc32)c1)NCCc1ccc(OC(F)F)cc1. The van der Waals surface area contributed by atoms with E-state index in [0.29, 0.717) is 30.8 Å². The van der Waals surface area contributed by atoms with Gasteiger partial charge in [0.2, 0.25) is 5.91 Å². The molecule has 34 heavy (non-hydrogen) atoms. The number of carbonyl (C=O) groups excluding carboxylic acids is 2. The Hall–Kier alpha value is -3.94. The van der Waals surface area contributed by atoms with Crippen LogP contribution in [0, 0.1) is 0 Å². The fourth-order valence-corrected chi connectivity index (χ4v) is 3.90. The number of nitrogens with one attached hydrogen (secondary N) is 2. The second-order valence-corrected chi connectivity index (χ2v) is 7.89. The average Bonchev–Trinajstić information content (AvgIpc) is 3.27. The molecule has 0 bridgehead atoms. The van der Waals surface area contributed by atoms with Gasteiger partial charge in [-0.25, -0.2) is 0 Å². The summed E-state index contributed by atoms with van der Waals surface area (Å²) in [5.41, 5.74) is 4.25. The Morgan fingerprint density at radius 2 is 1.79 bits per heavy atom. The van der Waals surface area contributed by atoms with Gasteiger partial charge in [0.25, 0.3) is 5.91 Å².